The van der Waals surface area contributed by atoms with Crippen LogP contribution in [0.2, 0.25) is 0 Å². The highest BCUT2D eigenvalue weighted by molar-refractivity contribution is 7.17. The summed E-state index contributed by atoms with van der Waals surface area (Å²) in [6.07, 6.45) is 2.08. The van der Waals surface area contributed by atoms with E-state index in [4.69, 9.17) is 4.74 Å². The maximum absolute atomic E-state index is 12.1. The van der Waals surface area contributed by atoms with Crippen LogP contribution in [0, 0.1) is 0 Å². The fourth-order valence-corrected chi connectivity index (χ4v) is 3.72. The topological polar surface area (TPSA) is 38.3 Å². The lowest BCUT2D eigenvalue weighted by atomic mass is 9.91. The fourth-order valence-electron chi connectivity index (χ4n) is 2.54. The van der Waals surface area contributed by atoms with Crippen molar-refractivity contribution in [2.45, 2.75) is 12.8 Å². The molecule has 0 aliphatic heterocycles. The molecule has 1 amide bonds. The molecular weight excluding hydrogens is 270 g/mol. The summed E-state index contributed by atoms with van der Waals surface area (Å²) in [5, 5.41) is 2.88. The second kappa shape index (κ2) is 5.77. The van der Waals surface area contributed by atoms with Crippen LogP contribution in [-0.4, -0.2) is 26.2 Å². The molecule has 0 fully saturated rings. The number of ether oxygens (including phenoxy) is 1. The van der Waals surface area contributed by atoms with Crippen LogP contribution in [0.3, 0.4) is 0 Å². The molecule has 4 heteroatoms. The van der Waals surface area contributed by atoms with E-state index in [9.17, 15) is 4.79 Å². The monoisotopic (exact) mass is 287 g/mol. The number of rotatable bonds is 4. The molecule has 0 atom stereocenters. The number of benzene rings is 1. The molecule has 0 unspecified atom stereocenters. The van der Waals surface area contributed by atoms with Gasteiger partial charge in [-0.1, -0.05) is 24.3 Å². The summed E-state index contributed by atoms with van der Waals surface area (Å²) >= 11 is 1.59. The number of nitrogens with one attached hydrogen (secondary N) is 1. The largest absolute Gasteiger partial charge is 0.383 e. The van der Waals surface area contributed by atoms with Gasteiger partial charge in [0.25, 0.3) is 5.91 Å². The molecule has 1 aromatic carbocycles. The number of hydrogen-bond acceptors (Lipinski definition) is 3. The van der Waals surface area contributed by atoms with Gasteiger partial charge in [-0.25, -0.2) is 0 Å². The summed E-state index contributed by atoms with van der Waals surface area (Å²) in [5.74, 6) is -0.000990. The van der Waals surface area contributed by atoms with Crippen molar-refractivity contribution in [2.75, 3.05) is 20.3 Å². The first kappa shape index (κ1) is 13.3. The van der Waals surface area contributed by atoms with Crippen molar-refractivity contribution in [1.29, 1.82) is 0 Å². The van der Waals surface area contributed by atoms with E-state index in [0.717, 1.165) is 17.7 Å². The Morgan fingerprint density at radius 2 is 2.10 bits per heavy atom. The van der Waals surface area contributed by atoms with Crippen molar-refractivity contribution in [3.8, 4) is 10.4 Å². The molecule has 3 nitrogen and oxygen atoms in total. The van der Waals surface area contributed by atoms with E-state index < -0.39 is 0 Å². The summed E-state index contributed by atoms with van der Waals surface area (Å²) in [4.78, 5) is 14.1. The minimum absolute atomic E-state index is 0.000990. The highest BCUT2D eigenvalue weighted by Gasteiger charge is 2.20. The van der Waals surface area contributed by atoms with Gasteiger partial charge in [0, 0.05) is 18.5 Å². The average molecular weight is 287 g/mol. The minimum Gasteiger partial charge on any atom is -0.383 e. The van der Waals surface area contributed by atoms with Crippen LogP contribution in [0.25, 0.3) is 10.4 Å². The Hall–Kier alpha value is -1.65. The number of amides is 1. The summed E-state index contributed by atoms with van der Waals surface area (Å²) in [6, 6.07) is 10.5. The van der Waals surface area contributed by atoms with Crippen LogP contribution in [0.15, 0.2) is 30.3 Å². The molecule has 0 saturated carbocycles. The Morgan fingerprint density at radius 1 is 1.30 bits per heavy atom. The van der Waals surface area contributed by atoms with Gasteiger partial charge < -0.3 is 10.1 Å². The van der Waals surface area contributed by atoms with Crippen molar-refractivity contribution in [1.82, 2.24) is 5.32 Å². The molecule has 0 saturated heterocycles. The van der Waals surface area contributed by atoms with E-state index >= 15 is 0 Å². The molecule has 1 N–H and O–H groups in total. The number of carbonyl (C=O) groups is 1. The smallest absolute Gasteiger partial charge is 0.261 e. The van der Waals surface area contributed by atoms with E-state index in [-0.39, 0.29) is 5.91 Å². The van der Waals surface area contributed by atoms with Crippen LogP contribution in [0.4, 0.5) is 0 Å². The SMILES string of the molecule is COCCNC(=O)c1cc2c(s1)-c1ccccc1CC2. The lowest BCUT2D eigenvalue weighted by Crippen LogP contribution is -2.26. The van der Waals surface area contributed by atoms with Crippen LogP contribution in [0.5, 0.6) is 0 Å². The number of methoxy groups -OCH3 is 1. The number of thiophene rings is 1. The number of hydrogen-bond donors (Lipinski definition) is 1. The maximum Gasteiger partial charge on any atom is 0.261 e. The van der Waals surface area contributed by atoms with Crippen LogP contribution in [-0.2, 0) is 17.6 Å². The standard InChI is InChI=1S/C16H17NO2S/c1-19-9-8-17-16(18)14-10-12-7-6-11-4-2-3-5-13(11)15(12)20-14/h2-5,10H,6-9H2,1H3,(H,17,18). The molecule has 1 aliphatic rings. The minimum atomic E-state index is -0.000990. The molecule has 20 heavy (non-hydrogen) atoms. The van der Waals surface area contributed by atoms with Crippen molar-refractivity contribution in [3.05, 3.63) is 46.3 Å². The molecule has 0 spiro atoms. The summed E-state index contributed by atoms with van der Waals surface area (Å²) in [5.41, 5.74) is 3.97. The molecular formula is C16H17NO2S. The molecule has 1 aromatic heterocycles. The van der Waals surface area contributed by atoms with Crippen molar-refractivity contribution < 1.29 is 9.53 Å². The van der Waals surface area contributed by atoms with E-state index in [0.29, 0.717) is 13.2 Å². The predicted molar refractivity (Wildman–Crippen MR) is 81.4 cm³/mol. The Kier molecular flexibility index (Phi) is 3.85. The molecule has 1 heterocycles. The first-order valence-corrected chi connectivity index (χ1v) is 7.59. The van der Waals surface area contributed by atoms with Gasteiger partial charge in [0.05, 0.1) is 11.5 Å². The summed E-state index contributed by atoms with van der Waals surface area (Å²) < 4.78 is 4.94. The third-order valence-electron chi connectivity index (χ3n) is 3.55. The van der Waals surface area contributed by atoms with Gasteiger partial charge in [-0.3, -0.25) is 4.79 Å². The Morgan fingerprint density at radius 3 is 2.95 bits per heavy atom. The van der Waals surface area contributed by atoms with E-state index in [1.54, 1.807) is 18.4 Å². The van der Waals surface area contributed by atoms with Crippen LogP contribution < -0.4 is 5.32 Å². The van der Waals surface area contributed by atoms with Crippen molar-refractivity contribution in [2.24, 2.45) is 0 Å². The molecule has 2 aromatic rings. The Balaban J connectivity index is 1.85. The third-order valence-corrected chi connectivity index (χ3v) is 4.76. The Bertz CT molecular complexity index is 633. The zero-order valence-electron chi connectivity index (χ0n) is 11.4. The van der Waals surface area contributed by atoms with Crippen LogP contribution >= 0.6 is 11.3 Å². The number of carbonyl (C=O) groups excluding carboxylic acids is 1. The predicted octanol–water partition coefficient (Wildman–Crippen LogP) is 2.89. The maximum atomic E-state index is 12.1. The highest BCUT2D eigenvalue weighted by atomic mass is 32.1. The highest BCUT2D eigenvalue weighted by Crippen LogP contribution is 2.39. The lowest BCUT2D eigenvalue weighted by molar-refractivity contribution is 0.0941. The number of fused-ring (bicyclic) bond motifs is 3. The molecule has 0 bridgehead atoms. The summed E-state index contributed by atoms with van der Waals surface area (Å²) in [6.45, 7) is 1.09. The average Bonchev–Trinajstić information content (AvgIpc) is 2.92. The Labute approximate surface area is 122 Å². The second-order valence-electron chi connectivity index (χ2n) is 4.87. The van der Waals surface area contributed by atoms with E-state index in [1.807, 2.05) is 6.07 Å². The van der Waals surface area contributed by atoms with Gasteiger partial charge in [0.15, 0.2) is 0 Å². The van der Waals surface area contributed by atoms with Gasteiger partial charge in [-0.2, -0.15) is 0 Å². The normalized spacial score (nSPS) is 12.7. The third kappa shape index (κ3) is 2.49. The van der Waals surface area contributed by atoms with Crippen LogP contribution in [0.1, 0.15) is 20.8 Å². The number of aryl methyl sites for hydroxylation is 2. The first-order chi connectivity index (χ1) is 9.79. The van der Waals surface area contributed by atoms with Gasteiger partial charge >= 0.3 is 0 Å². The zero-order valence-corrected chi connectivity index (χ0v) is 12.3. The molecule has 1 aliphatic carbocycles. The van der Waals surface area contributed by atoms with Gasteiger partial charge in [-0.05, 0) is 35.6 Å². The van der Waals surface area contributed by atoms with Crippen molar-refractivity contribution >= 4 is 17.2 Å². The zero-order chi connectivity index (χ0) is 13.9. The molecule has 3 rings (SSSR count). The fraction of sp³-hybridized carbons (Fsp3) is 0.312. The van der Waals surface area contributed by atoms with Gasteiger partial charge in [0.1, 0.15) is 0 Å². The van der Waals surface area contributed by atoms with Crippen molar-refractivity contribution in [3.63, 3.8) is 0 Å². The first-order valence-electron chi connectivity index (χ1n) is 6.77. The molecule has 0 radical (unpaired) electrons. The molecule has 104 valence electrons. The van der Waals surface area contributed by atoms with E-state index in [1.165, 1.54) is 21.6 Å². The summed E-state index contributed by atoms with van der Waals surface area (Å²) in [7, 11) is 1.63. The van der Waals surface area contributed by atoms with Gasteiger partial charge in [-0.15, -0.1) is 11.3 Å². The quantitative estimate of drug-likeness (QED) is 0.878. The van der Waals surface area contributed by atoms with Gasteiger partial charge in [0.2, 0.25) is 0 Å². The second-order valence-corrected chi connectivity index (χ2v) is 5.92. The lowest BCUT2D eigenvalue weighted by Gasteiger charge is -2.15. The van der Waals surface area contributed by atoms with E-state index in [2.05, 4.69) is 29.6 Å².